The molecule has 0 saturated carbocycles. The molecule has 0 bridgehead atoms. The van der Waals surface area contributed by atoms with E-state index in [1.54, 1.807) is 30.5 Å². The molecule has 1 aliphatic rings. The summed E-state index contributed by atoms with van der Waals surface area (Å²) in [5.41, 5.74) is 5.69. The number of nitrogens with zero attached hydrogens (tertiary/aromatic N) is 1. The molecule has 1 fully saturated rings. The smallest absolute Gasteiger partial charge is 0.325 e. The summed E-state index contributed by atoms with van der Waals surface area (Å²) in [6.45, 7) is -0.0871. The van der Waals surface area contributed by atoms with Crippen LogP contribution in [0.25, 0.3) is 6.08 Å². The summed E-state index contributed by atoms with van der Waals surface area (Å²) in [5, 5.41) is 0. The van der Waals surface area contributed by atoms with Crippen LogP contribution in [-0.4, -0.2) is 42.5 Å². The number of likely N-dealkylation sites (tertiary alicyclic amines) is 1. The van der Waals surface area contributed by atoms with E-state index in [4.69, 9.17) is 10.2 Å². The summed E-state index contributed by atoms with van der Waals surface area (Å²) in [6, 6.07) is 2.63. The van der Waals surface area contributed by atoms with E-state index in [1.165, 1.54) is 12.0 Å². The lowest BCUT2D eigenvalue weighted by atomic mass is 9.95. The Labute approximate surface area is 104 Å². The molecule has 1 aliphatic heterocycles. The van der Waals surface area contributed by atoms with Gasteiger partial charge in [-0.25, -0.2) is 0 Å². The fourth-order valence-corrected chi connectivity index (χ4v) is 1.79. The Morgan fingerprint density at radius 3 is 3.06 bits per heavy atom. The number of carbonyl (C=O) groups excluding carboxylic acids is 2. The largest absolute Gasteiger partial charge is 0.468 e. The lowest BCUT2D eigenvalue weighted by Crippen LogP contribution is -2.68. The van der Waals surface area contributed by atoms with Crippen molar-refractivity contribution in [3.63, 3.8) is 0 Å². The first-order chi connectivity index (χ1) is 8.63. The number of hydrogen-bond donors (Lipinski definition) is 1. The van der Waals surface area contributed by atoms with Gasteiger partial charge in [-0.05, 0) is 18.2 Å². The average molecular weight is 250 g/mol. The molecule has 0 radical (unpaired) electrons. The van der Waals surface area contributed by atoms with Gasteiger partial charge in [0.1, 0.15) is 18.3 Å². The van der Waals surface area contributed by atoms with Crippen LogP contribution in [0.5, 0.6) is 0 Å². The summed E-state index contributed by atoms with van der Waals surface area (Å²) in [6.07, 6.45) is 5.02. The highest BCUT2D eigenvalue weighted by molar-refractivity contribution is 5.93. The van der Waals surface area contributed by atoms with Crippen molar-refractivity contribution in [2.24, 2.45) is 5.73 Å². The van der Waals surface area contributed by atoms with Gasteiger partial charge in [0.05, 0.1) is 19.4 Å². The van der Waals surface area contributed by atoms with Crippen molar-refractivity contribution in [1.82, 2.24) is 4.90 Å². The highest BCUT2D eigenvalue weighted by Gasteiger charge is 2.44. The van der Waals surface area contributed by atoms with Gasteiger partial charge in [-0.3, -0.25) is 9.59 Å². The van der Waals surface area contributed by atoms with Crippen LogP contribution >= 0.6 is 0 Å². The van der Waals surface area contributed by atoms with E-state index in [-0.39, 0.29) is 18.5 Å². The van der Waals surface area contributed by atoms with Gasteiger partial charge < -0.3 is 19.8 Å². The summed E-state index contributed by atoms with van der Waals surface area (Å²) in [7, 11) is 1.28. The van der Waals surface area contributed by atoms with E-state index in [0.29, 0.717) is 5.76 Å². The second-order valence-corrected chi connectivity index (χ2v) is 3.93. The van der Waals surface area contributed by atoms with Crippen LogP contribution in [0.2, 0.25) is 0 Å². The molecular formula is C12H14N2O4. The predicted molar refractivity (Wildman–Crippen MR) is 63.2 cm³/mol. The Hall–Kier alpha value is -2.08. The fourth-order valence-electron chi connectivity index (χ4n) is 1.79. The van der Waals surface area contributed by atoms with Crippen molar-refractivity contribution in [3.05, 3.63) is 30.2 Å². The molecule has 0 aromatic carbocycles. The maximum absolute atomic E-state index is 11.5. The normalized spacial score (nSPS) is 23.2. The van der Waals surface area contributed by atoms with Crippen molar-refractivity contribution in [1.29, 1.82) is 0 Å². The first-order valence-corrected chi connectivity index (χ1v) is 5.48. The number of β-lactam (4-membered cyclic amide) rings is 1. The van der Waals surface area contributed by atoms with Crippen LogP contribution in [0, 0.1) is 0 Å². The molecular weight excluding hydrogens is 236 g/mol. The number of nitrogens with two attached hydrogens (primary N) is 1. The monoisotopic (exact) mass is 250 g/mol. The maximum Gasteiger partial charge on any atom is 0.325 e. The Bertz CT molecular complexity index is 466. The van der Waals surface area contributed by atoms with Gasteiger partial charge in [-0.2, -0.15) is 0 Å². The standard InChI is InChI=1S/C12H14N2O4/c1-17-10(15)7-14-9(11(13)12(14)16)5-4-8-3-2-6-18-8/h2-6,9,11H,7,13H2,1H3/b5-4+/t9-,11+/m1/s1. The van der Waals surface area contributed by atoms with Crippen LogP contribution in [0.3, 0.4) is 0 Å². The molecule has 0 unspecified atom stereocenters. The number of esters is 1. The Kier molecular flexibility index (Phi) is 3.47. The van der Waals surface area contributed by atoms with Gasteiger partial charge in [0.2, 0.25) is 5.91 Å². The second-order valence-electron chi connectivity index (χ2n) is 3.93. The molecule has 2 N–H and O–H groups in total. The number of hydrogen-bond acceptors (Lipinski definition) is 5. The highest BCUT2D eigenvalue weighted by atomic mass is 16.5. The molecule has 0 spiro atoms. The molecule has 2 rings (SSSR count). The lowest BCUT2D eigenvalue weighted by molar-refractivity contribution is -0.156. The van der Waals surface area contributed by atoms with Crippen molar-refractivity contribution < 1.29 is 18.7 Å². The van der Waals surface area contributed by atoms with Gasteiger partial charge in [-0.15, -0.1) is 0 Å². The van der Waals surface area contributed by atoms with Gasteiger partial charge >= 0.3 is 5.97 Å². The molecule has 0 aliphatic carbocycles. The third-order valence-electron chi connectivity index (χ3n) is 2.82. The SMILES string of the molecule is COC(=O)CN1C(=O)[C@@H](N)[C@H]1/C=C/c1ccco1. The zero-order valence-electron chi connectivity index (χ0n) is 9.91. The van der Waals surface area contributed by atoms with Crippen molar-refractivity contribution >= 4 is 18.0 Å². The topological polar surface area (TPSA) is 85.8 Å². The summed E-state index contributed by atoms with van der Waals surface area (Å²) in [5.74, 6) is -0.0549. The van der Waals surface area contributed by atoms with Gasteiger partial charge in [0.25, 0.3) is 0 Å². The highest BCUT2D eigenvalue weighted by Crippen LogP contribution is 2.20. The number of furan rings is 1. The minimum atomic E-state index is -0.610. The quantitative estimate of drug-likeness (QED) is 0.600. The minimum Gasteiger partial charge on any atom is -0.468 e. The third-order valence-corrected chi connectivity index (χ3v) is 2.82. The van der Waals surface area contributed by atoms with Crippen LogP contribution in [0.4, 0.5) is 0 Å². The first-order valence-electron chi connectivity index (χ1n) is 5.48. The average Bonchev–Trinajstić information content (AvgIpc) is 2.89. The van der Waals surface area contributed by atoms with Gasteiger partial charge in [0, 0.05) is 0 Å². The Balaban J connectivity index is 2.02. The Morgan fingerprint density at radius 2 is 2.44 bits per heavy atom. The molecule has 6 nitrogen and oxygen atoms in total. The van der Waals surface area contributed by atoms with Crippen LogP contribution in [0.15, 0.2) is 28.9 Å². The van der Waals surface area contributed by atoms with E-state index in [9.17, 15) is 9.59 Å². The van der Waals surface area contributed by atoms with E-state index >= 15 is 0 Å². The maximum atomic E-state index is 11.5. The number of methoxy groups -OCH3 is 1. The zero-order valence-corrected chi connectivity index (χ0v) is 9.91. The number of amides is 1. The molecule has 6 heteroatoms. The summed E-state index contributed by atoms with van der Waals surface area (Å²) in [4.78, 5) is 24.0. The first kappa shape index (κ1) is 12.4. The molecule has 18 heavy (non-hydrogen) atoms. The molecule has 1 saturated heterocycles. The van der Waals surface area contributed by atoms with Gasteiger partial charge in [0.15, 0.2) is 0 Å². The van der Waals surface area contributed by atoms with Crippen LogP contribution < -0.4 is 5.73 Å². The second kappa shape index (κ2) is 5.05. The van der Waals surface area contributed by atoms with Crippen LogP contribution in [-0.2, 0) is 14.3 Å². The number of ether oxygens (including phenoxy) is 1. The molecule has 1 amide bonds. The van der Waals surface area contributed by atoms with E-state index in [2.05, 4.69) is 4.74 Å². The Morgan fingerprint density at radius 1 is 1.67 bits per heavy atom. The third kappa shape index (κ3) is 2.28. The summed E-state index contributed by atoms with van der Waals surface area (Å²) >= 11 is 0. The minimum absolute atomic E-state index is 0.0871. The van der Waals surface area contributed by atoms with Crippen molar-refractivity contribution in [2.75, 3.05) is 13.7 Å². The van der Waals surface area contributed by atoms with Crippen LogP contribution in [0.1, 0.15) is 5.76 Å². The van der Waals surface area contributed by atoms with E-state index in [1.807, 2.05) is 0 Å². The van der Waals surface area contributed by atoms with Gasteiger partial charge in [-0.1, -0.05) is 6.08 Å². The summed E-state index contributed by atoms with van der Waals surface area (Å²) < 4.78 is 9.65. The lowest BCUT2D eigenvalue weighted by Gasteiger charge is -2.43. The fraction of sp³-hybridized carbons (Fsp3) is 0.333. The molecule has 2 heterocycles. The number of carbonyl (C=O) groups is 2. The number of rotatable bonds is 4. The van der Waals surface area contributed by atoms with E-state index < -0.39 is 12.0 Å². The van der Waals surface area contributed by atoms with Crippen molar-refractivity contribution in [2.45, 2.75) is 12.1 Å². The molecule has 1 aromatic heterocycles. The van der Waals surface area contributed by atoms with E-state index in [0.717, 1.165) is 0 Å². The zero-order chi connectivity index (χ0) is 13.1. The molecule has 1 aromatic rings. The van der Waals surface area contributed by atoms with Crippen molar-refractivity contribution in [3.8, 4) is 0 Å². The predicted octanol–water partition coefficient (Wildman–Crippen LogP) is 0.00390. The molecule has 96 valence electrons. The molecule has 2 atom stereocenters.